The van der Waals surface area contributed by atoms with Gasteiger partial charge in [-0.15, -0.1) is 0 Å². The van der Waals surface area contributed by atoms with E-state index in [0.29, 0.717) is 6.07 Å². The van der Waals surface area contributed by atoms with E-state index in [-0.39, 0.29) is 18.0 Å². The maximum absolute atomic E-state index is 12.9. The second kappa shape index (κ2) is 4.43. The fraction of sp³-hybridized carbons (Fsp3) is 0.273. The SMILES string of the molecule is O=C1COc2ccc(C(=O)C(F)(F)C(F)(F)F)cc2N1. The molecule has 0 spiro atoms. The first kappa shape index (κ1) is 14.2. The van der Waals surface area contributed by atoms with E-state index in [1.807, 2.05) is 0 Å². The number of hydrogen-bond acceptors (Lipinski definition) is 3. The monoisotopic (exact) mass is 295 g/mol. The number of benzene rings is 1. The Morgan fingerprint density at radius 1 is 1.20 bits per heavy atom. The lowest BCUT2D eigenvalue weighted by molar-refractivity contribution is -0.255. The van der Waals surface area contributed by atoms with E-state index in [0.717, 1.165) is 12.1 Å². The van der Waals surface area contributed by atoms with Crippen LogP contribution < -0.4 is 10.1 Å². The Balaban J connectivity index is 2.37. The summed E-state index contributed by atoms with van der Waals surface area (Å²) in [5, 5.41) is 2.20. The van der Waals surface area contributed by atoms with Crippen molar-refractivity contribution in [2.24, 2.45) is 0 Å². The van der Waals surface area contributed by atoms with Gasteiger partial charge >= 0.3 is 12.1 Å². The zero-order chi connectivity index (χ0) is 15.1. The second-order valence-corrected chi connectivity index (χ2v) is 3.95. The summed E-state index contributed by atoms with van der Waals surface area (Å²) in [4.78, 5) is 22.3. The van der Waals surface area contributed by atoms with Crippen LogP contribution in [0.1, 0.15) is 10.4 Å². The van der Waals surface area contributed by atoms with Gasteiger partial charge in [-0.1, -0.05) is 0 Å². The number of ether oxygens (including phenoxy) is 1. The number of halogens is 5. The number of hydrogen-bond donors (Lipinski definition) is 1. The van der Waals surface area contributed by atoms with Gasteiger partial charge in [0.15, 0.2) is 6.61 Å². The molecule has 1 amide bonds. The first-order chi connectivity index (χ1) is 9.13. The van der Waals surface area contributed by atoms with Crippen LogP contribution in [0, 0.1) is 0 Å². The predicted molar refractivity (Wildman–Crippen MR) is 55.9 cm³/mol. The molecule has 1 N–H and O–H groups in total. The maximum atomic E-state index is 12.9. The molecule has 1 aromatic rings. The highest BCUT2D eigenvalue weighted by Crippen LogP contribution is 2.39. The topological polar surface area (TPSA) is 55.4 Å². The van der Waals surface area contributed by atoms with Crippen molar-refractivity contribution in [2.75, 3.05) is 11.9 Å². The van der Waals surface area contributed by atoms with Crippen LogP contribution in [0.25, 0.3) is 0 Å². The molecule has 4 nitrogen and oxygen atoms in total. The number of alkyl halides is 5. The normalized spacial score (nSPS) is 15.2. The minimum atomic E-state index is -5.99. The van der Waals surface area contributed by atoms with E-state index >= 15 is 0 Å². The number of carbonyl (C=O) groups is 2. The van der Waals surface area contributed by atoms with Crippen molar-refractivity contribution in [1.29, 1.82) is 0 Å². The van der Waals surface area contributed by atoms with Gasteiger partial charge in [0.2, 0.25) is 5.78 Å². The van der Waals surface area contributed by atoms with Gasteiger partial charge in [0.25, 0.3) is 5.91 Å². The third kappa shape index (κ3) is 2.30. The average Bonchev–Trinajstić information content (AvgIpc) is 2.35. The van der Waals surface area contributed by atoms with E-state index in [1.165, 1.54) is 0 Å². The van der Waals surface area contributed by atoms with Gasteiger partial charge in [0, 0.05) is 5.56 Å². The molecule has 0 aromatic heterocycles. The average molecular weight is 295 g/mol. The fourth-order valence-electron chi connectivity index (χ4n) is 1.53. The quantitative estimate of drug-likeness (QED) is 0.673. The van der Waals surface area contributed by atoms with Gasteiger partial charge in [-0.3, -0.25) is 9.59 Å². The van der Waals surface area contributed by atoms with Crippen LogP contribution in [0.15, 0.2) is 18.2 Å². The Morgan fingerprint density at radius 2 is 1.85 bits per heavy atom. The number of fused-ring (bicyclic) bond motifs is 1. The van der Waals surface area contributed by atoms with Crippen LogP contribution in [0.5, 0.6) is 5.75 Å². The lowest BCUT2D eigenvalue weighted by atomic mass is 10.0. The number of nitrogens with one attached hydrogen (secondary N) is 1. The fourth-order valence-corrected chi connectivity index (χ4v) is 1.53. The van der Waals surface area contributed by atoms with Crippen LogP contribution in [0.4, 0.5) is 27.6 Å². The molecule has 0 bridgehead atoms. The second-order valence-electron chi connectivity index (χ2n) is 3.95. The molecule has 1 aromatic carbocycles. The number of ketones is 1. The van der Waals surface area contributed by atoms with Crippen molar-refractivity contribution >= 4 is 17.4 Å². The molecule has 0 aliphatic carbocycles. The Bertz CT molecular complexity index is 582. The largest absolute Gasteiger partial charge is 0.482 e. The molecule has 1 heterocycles. The Labute approximate surface area is 108 Å². The molecule has 20 heavy (non-hydrogen) atoms. The minimum absolute atomic E-state index is 0.0801. The lowest BCUT2D eigenvalue weighted by Gasteiger charge is -2.21. The summed E-state index contributed by atoms with van der Waals surface area (Å²) in [6, 6.07) is 2.53. The third-order valence-electron chi connectivity index (χ3n) is 2.52. The minimum Gasteiger partial charge on any atom is -0.482 e. The van der Waals surface area contributed by atoms with E-state index in [9.17, 15) is 31.5 Å². The van der Waals surface area contributed by atoms with Gasteiger partial charge in [0.05, 0.1) is 5.69 Å². The van der Waals surface area contributed by atoms with E-state index < -0.39 is 29.4 Å². The predicted octanol–water partition coefficient (Wildman–Crippen LogP) is 2.40. The number of rotatable bonds is 2. The molecule has 0 radical (unpaired) electrons. The number of carbonyl (C=O) groups excluding carboxylic acids is 2. The smallest absolute Gasteiger partial charge is 0.461 e. The molecule has 108 valence electrons. The van der Waals surface area contributed by atoms with Crippen molar-refractivity contribution in [3.63, 3.8) is 0 Å². The summed E-state index contributed by atoms with van der Waals surface area (Å²) in [5.74, 6) is -8.42. The first-order valence-electron chi connectivity index (χ1n) is 5.19. The Morgan fingerprint density at radius 3 is 2.45 bits per heavy atom. The van der Waals surface area contributed by atoms with Crippen molar-refractivity contribution in [3.05, 3.63) is 23.8 Å². The third-order valence-corrected chi connectivity index (χ3v) is 2.52. The van der Waals surface area contributed by atoms with Crippen LogP contribution in [0.3, 0.4) is 0 Å². The highest BCUT2D eigenvalue weighted by atomic mass is 19.4. The maximum Gasteiger partial charge on any atom is 0.461 e. The molecule has 0 atom stereocenters. The van der Waals surface area contributed by atoms with Gasteiger partial charge in [-0.05, 0) is 18.2 Å². The summed E-state index contributed by atoms with van der Waals surface area (Å²) in [5.41, 5.74) is -1.01. The molecule has 2 rings (SSSR count). The van der Waals surface area contributed by atoms with E-state index in [1.54, 1.807) is 0 Å². The van der Waals surface area contributed by atoms with E-state index in [4.69, 9.17) is 4.74 Å². The van der Waals surface area contributed by atoms with Crippen LogP contribution in [-0.2, 0) is 4.79 Å². The van der Waals surface area contributed by atoms with Crippen LogP contribution in [0.2, 0.25) is 0 Å². The van der Waals surface area contributed by atoms with Crippen LogP contribution in [-0.4, -0.2) is 30.4 Å². The summed E-state index contributed by atoms with van der Waals surface area (Å²) >= 11 is 0. The molecule has 0 unspecified atom stereocenters. The van der Waals surface area contributed by atoms with Crippen LogP contribution >= 0.6 is 0 Å². The molecule has 0 saturated carbocycles. The highest BCUT2D eigenvalue weighted by molar-refractivity contribution is 6.04. The van der Waals surface area contributed by atoms with Crippen molar-refractivity contribution in [2.45, 2.75) is 12.1 Å². The summed E-state index contributed by atoms with van der Waals surface area (Å²) in [6.45, 7) is -0.307. The molecule has 0 fully saturated rings. The molecular weight excluding hydrogens is 289 g/mol. The Hall–Kier alpha value is -2.19. The lowest BCUT2D eigenvalue weighted by Crippen LogP contribution is -2.44. The first-order valence-corrected chi connectivity index (χ1v) is 5.19. The number of amides is 1. The van der Waals surface area contributed by atoms with Gasteiger partial charge in [0.1, 0.15) is 5.75 Å². The van der Waals surface area contributed by atoms with Gasteiger partial charge in [-0.25, -0.2) is 0 Å². The molecule has 1 aliphatic rings. The van der Waals surface area contributed by atoms with Crippen molar-refractivity contribution < 1.29 is 36.3 Å². The molecular formula is C11H6F5NO3. The van der Waals surface area contributed by atoms with E-state index in [2.05, 4.69) is 5.32 Å². The van der Waals surface area contributed by atoms with Crippen molar-refractivity contribution in [1.82, 2.24) is 0 Å². The molecule has 1 aliphatic heterocycles. The Kier molecular flexibility index (Phi) is 3.15. The zero-order valence-corrected chi connectivity index (χ0v) is 9.55. The number of anilines is 1. The highest BCUT2D eigenvalue weighted by Gasteiger charge is 2.63. The molecule has 9 heteroatoms. The summed E-state index contributed by atoms with van der Waals surface area (Å²) in [7, 11) is 0. The summed E-state index contributed by atoms with van der Waals surface area (Å²) in [6.07, 6.45) is -5.99. The standard InChI is InChI=1S/C11H6F5NO3/c12-10(13,11(14,15)16)9(19)5-1-2-7-6(3-5)17-8(18)4-20-7/h1-3H,4H2,(H,17,18). The number of Topliss-reactive ketones (excluding diaryl/α,β-unsaturated/α-hetero) is 1. The van der Waals surface area contributed by atoms with Crippen molar-refractivity contribution in [3.8, 4) is 5.75 Å². The van der Waals surface area contributed by atoms with Gasteiger partial charge in [-0.2, -0.15) is 22.0 Å². The zero-order valence-electron chi connectivity index (χ0n) is 9.55. The molecule has 0 saturated heterocycles. The summed E-state index contributed by atoms with van der Waals surface area (Å²) < 4.78 is 67.1. The van der Waals surface area contributed by atoms with Gasteiger partial charge < -0.3 is 10.1 Å².